The van der Waals surface area contributed by atoms with Crippen molar-refractivity contribution in [1.29, 1.82) is 0 Å². The van der Waals surface area contributed by atoms with Crippen LogP contribution < -0.4 is 4.90 Å². The minimum absolute atomic E-state index is 0.448. The van der Waals surface area contributed by atoms with Crippen LogP contribution >= 0.6 is 11.6 Å². The van der Waals surface area contributed by atoms with Gasteiger partial charge in [-0.2, -0.15) is 0 Å². The maximum absolute atomic E-state index is 6.13. The molecular formula is C19H20ClN5. The quantitative estimate of drug-likeness (QED) is 0.702. The van der Waals surface area contributed by atoms with E-state index in [9.17, 15) is 0 Å². The first kappa shape index (κ1) is 15.1. The Hall–Kier alpha value is -2.14. The number of hydrogen-bond acceptors (Lipinski definition) is 4. The molecule has 128 valence electrons. The Morgan fingerprint density at radius 2 is 2.04 bits per heavy atom. The van der Waals surface area contributed by atoms with Gasteiger partial charge in [-0.05, 0) is 43.5 Å². The fourth-order valence-electron chi connectivity index (χ4n) is 4.26. The molecule has 0 bridgehead atoms. The molecule has 2 aromatic heterocycles. The number of pyridine rings is 1. The number of halogens is 1. The zero-order chi connectivity index (χ0) is 16.8. The van der Waals surface area contributed by atoms with Crippen molar-refractivity contribution in [2.24, 2.45) is 0 Å². The van der Waals surface area contributed by atoms with Gasteiger partial charge in [0.1, 0.15) is 11.6 Å². The van der Waals surface area contributed by atoms with E-state index in [0.717, 1.165) is 42.4 Å². The summed E-state index contributed by atoms with van der Waals surface area (Å²) in [5.74, 6) is 2.79. The summed E-state index contributed by atoms with van der Waals surface area (Å²) in [6.07, 6.45) is 6.50. The summed E-state index contributed by atoms with van der Waals surface area (Å²) in [5.41, 5.74) is 2.20. The Morgan fingerprint density at radius 3 is 3.00 bits per heavy atom. The zero-order valence-corrected chi connectivity index (χ0v) is 14.8. The van der Waals surface area contributed by atoms with E-state index in [1.165, 1.54) is 36.2 Å². The van der Waals surface area contributed by atoms with Gasteiger partial charge < -0.3 is 9.47 Å². The van der Waals surface area contributed by atoms with Crippen molar-refractivity contribution < 1.29 is 0 Å². The third kappa shape index (κ3) is 2.58. The van der Waals surface area contributed by atoms with E-state index in [2.05, 4.69) is 36.8 Å². The van der Waals surface area contributed by atoms with Crippen molar-refractivity contribution in [3.63, 3.8) is 0 Å². The average molecular weight is 354 g/mol. The number of nitrogens with zero attached hydrogens (tertiary/aromatic N) is 5. The van der Waals surface area contributed by atoms with Crippen molar-refractivity contribution in [3.8, 4) is 0 Å². The van der Waals surface area contributed by atoms with Crippen LogP contribution in [-0.2, 0) is 13.0 Å². The van der Waals surface area contributed by atoms with Crippen molar-refractivity contribution in [2.45, 2.75) is 38.1 Å². The number of aryl methyl sites for hydroxylation is 1. The molecule has 0 amide bonds. The number of benzene rings is 1. The Balaban J connectivity index is 1.49. The monoisotopic (exact) mass is 353 g/mol. The van der Waals surface area contributed by atoms with Crippen LogP contribution in [0.25, 0.3) is 10.9 Å². The van der Waals surface area contributed by atoms with Gasteiger partial charge in [0.15, 0.2) is 0 Å². The molecule has 1 aromatic carbocycles. The minimum Gasteiger partial charge on any atom is -0.370 e. The van der Waals surface area contributed by atoms with E-state index in [-0.39, 0.29) is 0 Å². The van der Waals surface area contributed by atoms with Crippen LogP contribution in [-0.4, -0.2) is 32.8 Å². The molecule has 1 unspecified atom stereocenters. The van der Waals surface area contributed by atoms with Gasteiger partial charge in [0.2, 0.25) is 0 Å². The van der Waals surface area contributed by atoms with Gasteiger partial charge in [-0.3, -0.25) is 4.98 Å². The molecule has 6 heteroatoms. The average Bonchev–Trinajstić information content (AvgIpc) is 3.24. The molecule has 1 atom stereocenters. The van der Waals surface area contributed by atoms with Crippen molar-refractivity contribution in [3.05, 3.63) is 47.1 Å². The smallest absolute Gasteiger partial charge is 0.137 e. The predicted molar refractivity (Wildman–Crippen MR) is 99.3 cm³/mol. The molecule has 4 heterocycles. The molecule has 0 saturated carbocycles. The van der Waals surface area contributed by atoms with E-state index < -0.39 is 0 Å². The number of rotatable bonds is 2. The highest BCUT2D eigenvalue weighted by Gasteiger charge is 2.29. The molecule has 0 N–H and O–H groups in total. The van der Waals surface area contributed by atoms with Crippen molar-refractivity contribution in [2.75, 3.05) is 18.0 Å². The third-order valence-electron chi connectivity index (χ3n) is 5.45. The second kappa shape index (κ2) is 5.99. The number of hydrogen-bond donors (Lipinski definition) is 0. The summed E-state index contributed by atoms with van der Waals surface area (Å²) in [7, 11) is 0. The Morgan fingerprint density at radius 1 is 1.08 bits per heavy atom. The second-order valence-corrected chi connectivity index (χ2v) is 7.44. The maximum Gasteiger partial charge on any atom is 0.137 e. The summed E-state index contributed by atoms with van der Waals surface area (Å²) in [6.45, 7) is 3.13. The normalized spacial score (nSPS) is 20.2. The largest absolute Gasteiger partial charge is 0.370 e. The molecule has 5 nitrogen and oxygen atoms in total. The number of aromatic nitrogens is 4. The first-order chi connectivity index (χ1) is 12.3. The van der Waals surface area contributed by atoms with E-state index in [4.69, 9.17) is 11.6 Å². The molecule has 5 rings (SSSR count). The van der Waals surface area contributed by atoms with Gasteiger partial charge >= 0.3 is 0 Å². The number of fused-ring (bicyclic) bond motifs is 2. The minimum atomic E-state index is 0.448. The van der Waals surface area contributed by atoms with Gasteiger partial charge in [0.05, 0.1) is 5.52 Å². The Bertz CT molecular complexity index is 935. The molecular weight excluding hydrogens is 334 g/mol. The summed E-state index contributed by atoms with van der Waals surface area (Å²) >= 11 is 6.13. The lowest BCUT2D eigenvalue weighted by atomic mass is 9.96. The highest BCUT2D eigenvalue weighted by atomic mass is 35.5. The van der Waals surface area contributed by atoms with Gasteiger partial charge in [-0.15, -0.1) is 10.2 Å². The topological polar surface area (TPSA) is 46.8 Å². The lowest BCUT2D eigenvalue weighted by Crippen LogP contribution is -2.35. The Kier molecular flexibility index (Phi) is 3.63. The second-order valence-electron chi connectivity index (χ2n) is 7.01. The number of piperidine rings is 1. The highest BCUT2D eigenvalue weighted by molar-refractivity contribution is 6.31. The highest BCUT2D eigenvalue weighted by Crippen LogP contribution is 2.34. The lowest BCUT2D eigenvalue weighted by molar-refractivity contribution is 0.474. The fourth-order valence-corrected chi connectivity index (χ4v) is 4.43. The van der Waals surface area contributed by atoms with Crippen LogP contribution in [0.3, 0.4) is 0 Å². The molecule has 2 aliphatic rings. The van der Waals surface area contributed by atoms with Crippen LogP contribution in [0.5, 0.6) is 0 Å². The van der Waals surface area contributed by atoms with Crippen LogP contribution in [0.2, 0.25) is 5.02 Å². The first-order valence-electron chi connectivity index (χ1n) is 9.01. The third-order valence-corrected chi connectivity index (χ3v) is 5.68. The summed E-state index contributed by atoms with van der Waals surface area (Å²) in [4.78, 5) is 6.95. The van der Waals surface area contributed by atoms with Crippen LogP contribution in [0.15, 0.2) is 30.5 Å². The van der Waals surface area contributed by atoms with E-state index in [0.29, 0.717) is 5.92 Å². The van der Waals surface area contributed by atoms with E-state index in [1.807, 2.05) is 18.3 Å². The van der Waals surface area contributed by atoms with Gasteiger partial charge in [0, 0.05) is 54.3 Å². The van der Waals surface area contributed by atoms with Crippen molar-refractivity contribution >= 4 is 28.2 Å². The van der Waals surface area contributed by atoms with Crippen LogP contribution in [0, 0.1) is 0 Å². The van der Waals surface area contributed by atoms with Gasteiger partial charge in [-0.1, -0.05) is 11.6 Å². The SMILES string of the molecule is Clc1ccc2c(N3CCCC(c4nnc5n4CCC5)C3)ccnc2c1. The molecule has 0 radical (unpaired) electrons. The molecule has 1 saturated heterocycles. The maximum atomic E-state index is 6.13. The lowest BCUT2D eigenvalue weighted by Gasteiger charge is -2.34. The fraction of sp³-hybridized carbons (Fsp3) is 0.421. The molecule has 0 aliphatic carbocycles. The molecule has 3 aromatic rings. The van der Waals surface area contributed by atoms with Crippen LogP contribution in [0.4, 0.5) is 5.69 Å². The summed E-state index contributed by atoms with van der Waals surface area (Å²) < 4.78 is 2.35. The first-order valence-corrected chi connectivity index (χ1v) is 9.38. The molecule has 1 fully saturated rings. The van der Waals surface area contributed by atoms with E-state index >= 15 is 0 Å². The standard InChI is InChI=1S/C19H20ClN5/c20-14-5-6-15-16(11-14)21-8-7-17(15)24-9-1-3-13(12-24)19-23-22-18-4-2-10-25(18)19/h5-8,11,13H,1-4,9-10,12H2. The predicted octanol–water partition coefficient (Wildman–Crippen LogP) is 3.81. The Labute approximate surface area is 151 Å². The zero-order valence-electron chi connectivity index (χ0n) is 14.0. The summed E-state index contributed by atoms with van der Waals surface area (Å²) in [6, 6.07) is 8.08. The summed E-state index contributed by atoms with van der Waals surface area (Å²) in [5, 5.41) is 10.8. The van der Waals surface area contributed by atoms with Gasteiger partial charge in [0.25, 0.3) is 0 Å². The molecule has 2 aliphatic heterocycles. The molecule has 0 spiro atoms. The van der Waals surface area contributed by atoms with E-state index in [1.54, 1.807) is 0 Å². The van der Waals surface area contributed by atoms with Crippen molar-refractivity contribution in [1.82, 2.24) is 19.7 Å². The number of anilines is 1. The molecule has 25 heavy (non-hydrogen) atoms. The van der Waals surface area contributed by atoms with Crippen LogP contribution in [0.1, 0.15) is 36.8 Å². The van der Waals surface area contributed by atoms with Gasteiger partial charge in [-0.25, -0.2) is 0 Å².